The van der Waals surface area contributed by atoms with Crippen LogP contribution < -0.4 is 0 Å². The van der Waals surface area contributed by atoms with Crippen molar-refractivity contribution >= 4 is 15.8 Å². The van der Waals surface area contributed by atoms with Gasteiger partial charge in [-0.3, -0.25) is 4.31 Å². The highest BCUT2D eigenvalue weighted by atomic mass is 32.2. The summed E-state index contributed by atoms with van der Waals surface area (Å²) < 4.78 is 39.4. The molecule has 2 heterocycles. The first-order valence-electron chi connectivity index (χ1n) is 8.59. The lowest BCUT2D eigenvalue weighted by atomic mass is 10.1. The summed E-state index contributed by atoms with van der Waals surface area (Å²) >= 11 is 0. The molecule has 0 spiro atoms. The molecule has 1 aliphatic rings. The topological polar surface area (TPSA) is 59.8 Å². The minimum Gasteiger partial charge on any atom is -0.486 e. The second-order valence-electron chi connectivity index (χ2n) is 6.36. The lowest BCUT2D eigenvalue weighted by Gasteiger charge is -2.34. The van der Waals surface area contributed by atoms with Gasteiger partial charge in [0.1, 0.15) is 12.6 Å². The van der Waals surface area contributed by atoms with Crippen LogP contribution in [0.3, 0.4) is 0 Å². The molecule has 5 nitrogen and oxygen atoms in total. The van der Waals surface area contributed by atoms with Crippen molar-refractivity contribution in [2.75, 3.05) is 6.61 Å². The average molecular weight is 381 g/mol. The van der Waals surface area contributed by atoms with E-state index in [0.29, 0.717) is 11.5 Å². The quantitative estimate of drug-likeness (QED) is 0.674. The zero-order valence-corrected chi connectivity index (χ0v) is 15.6. The third-order valence-electron chi connectivity index (χ3n) is 4.49. The standard InChI is InChI=1S/C21H19NO4S/c1-16-9-11-18(12-10-16)27(23,24)22-14-21(20-8-5-13-25-20)26-15-19(22)17-6-3-2-4-7-17/h2-14,19H,15H2,1H3. The molecule has 0 fully saturated rings. The van der Waals surface area contributed by atoms with Gasteiger partial charge in [-0.1, -0.05) is 48.0 Å². The molecular weight excluding hydrogens is 362 g/mol. The van der Waals surface area contributed by atoms with Crippen LogP contribution in [0.15, 0.2) is 88.5 Å². The first kappa shape index (κ1) is 17.4. The van der Waals surface area contributed by atoms with Gasteiger partial charge in [-0.05, 0) is 36.8 Å². The highest BCUT2D eigenvalue weighted by Crippen LogP contribution is 2.35. The van der Waals surface area contributed by atoms with Crippen LogP contribution in [0, 0.1) is 6.92 Å². The molecule has 0 bridgehead atoms. The molecule has 0 radical (unpaired) electrons. The fourth-order valence-corrected chi connectivity index (χ4v) is 4.50. The normalized spacial score (nSPS) is 17.3. The maximum atomic E-state index is 13.4. The Morgan fingerprint density at radius 2 is 1.70 bits per heavy atom. The van der Waals surface area contributed by atoms with Crippen molar-refractivity contribution in [2.45, 2.75) is 17.9 Å². The van der Waals surface area contributed by atoms with Gasteiger partial charge in [0.15, 0.2) is 11.5 Å². The summed E-state index contributed by atoms with van der Waals surface area (Å²) in [5.74, 6) is 0.883. The molecule has 0 aliphatic carbocycles. The van der Waals surface area contributed by atoms with Crippen molar-refractivity contribution in [2.24, 2.45) is 0 Å². The number of nitrogens with zero attached hydrogens (tertiary/aromatic N) is 1. The molecule has 1 aliphatic heterocycles. The number of aryl methyl sites for hydroxylation is 1. The lowest BCUT2D eigenvalue weighted by Crippen LogP contribution is -2.36. The van der Waals surface area contributed by atoms with Crippen molar-refractivity contribution in [1.29, 1.82) is 0 Å². The summed E-state index contributed by atoms with van der Waals surface area (Å²) in [5.41, 5.74) is 1.87. The monoisotopic (exact) mass is 381 g/mol. The van der Waals surface area contributed by atoms with Gasteiger partial charge >= 0.3 is 0 Å². The largest absolute Gasteiger partial charge is 0.486 e. The molecule has 1 unspecified atom stereocenters. The lowest BCUT2D eigenvalue weighted by molar-refractivity contribution is 0.173. The number of rotatable bonds is 4. The van der Waals surface area contributed by atoms with Crippen LogP contribution in [0.1, 0.15) is 22.9 Å². The van der Waals surface area contributed by atoms with Gasteiger partial charge < -0.3 is 9.15 Å². The van der Waals surface area contributed by atoms with E-state index in [-0.39, 0.29) is 11.5 Å². The van der Waals surface area contributed by atoms with Gasteiger partial charge in [0.05, 0.1) is 17.4 Å². The molecule has 2 aromatic carbocycles. The Bertz CT molecular complexity index is 1040. The van der Waals surface area contributed by atoms with Crippen molar-refractivity contribution in [3.63, 3.8) is 0 Å². The molecule has 0 saturated carbocycles. The molecule has 0 amide bonds. The summed E-state index contributed by atoms with van der Waals surface area (Å²) in [6.45, 7) is 2.12. The smallest absolute Gasteiger partial charge is 0.264 e. The molecule has 0 saturated heterocycles. The van der Waals surface area contributed by atoms with Gasteiger partial charge in [0, 0.05) is 0 Å². The molecule has 0 N–H and O–H groups in total. The SMILES string of the molecule is Cc1ccc(S(=O)(=O)N2C=C(c3ccco3)OCC2c2ccccc2)cc1. The fourth-order valence-electron chi connectivity index (χ4n) is 3.03. The van der Waals surface area contributed by atoms with Gasteiger partial charge in [-0.15, -0.1) is 0 Å². The summed E-state index contributed by atoms with van der Waals surface area (Å²) in [4.78, 5) is 0.242. The number of furan rings is 1. The number of ether oxygens (including phenoxy) is 1. The summed E-state index contributed by atoms with van der Waals surface area (Å²) in [7, 11) is -3.76. The van der Waals surface area contributed by atoms with Crippen LogP contribution in [0.2, 0.25) is 0 Å². The number of hydrogen-bond donors (Lipinski definition) is 0. The number of sulfonamides is 1. The molecular formula is C21H19NO4S. The van der Waals surface area contributed by atoms with E-state index in [1.54, 1.807) is 36.4 Å². The average Bonchev–Trinajstić information content (AvgIpc) is 3.23. The van der Waals surface area contributed by atoms with Gasteiger partial charge in [-0.2, -0.15) is 0 Å². The van der Waals surface area contributed by atoms with E-state index in [1.165, 1.54) is 16.8 Å². The van der Waals surface area contributed by atoms with Crippen molar-refractivity contribution in [1.82, 2.24) is 4.31 Å². The predicted octanol–water partition coefficient (Wildman–Crippen LogP) is 4.35. The van der Waals surface area contributed by atoms with Crippen LogP contribution in [0.4, 0.5) is 0 Å². The zero-order chi connectivity index (χ0) is 18.9. The highest BCUT2D eigenvalue weighted by Gasteiger charge is 2.35. The van der Waals surface area contributed by atoms with Crippen LogP contribution in [-0.2, 0) is 14.8 Å². The third-order valence-corrected chi connectivity index (χ3v) is 6.28. The molecule has 138 valence electrons. The molecule has 3 aromatic rings. The Morgan fingerprint density at radius 3 is 2.37 bits per heavy atom. The van der Waals surface area contributed by atoms with E-state index in [2.05, 4.69) is 0 Å². The van der Waals surface area contributed by atoms with Gasteiger partial charge in [0.25, 0.3) is 10.0 Å². The van der Waals surface area contributed by atoms with E-state index in [0.717, 1.165) is 11.1 Å². The van der Waals surface area contributed by atoms with E-state index in [1.807, 2.05) is 37.3 Å². The summed E-state index contributed by atoms with van der Waals surface area (Å²) in [6.07, 6.45) is 3.04. The minimum absolute atomic E-state index is 0.196. The van der Waals surface area contributed by atoms with Gasteiger partial charge in [-0.25, -0.2) is 8.42 Å². The maximum Gasteiger partial charge on any atom is 0.264 e. The molecule has 6 heteroatoms. The number of benzene rings is 2. The Labute approximate surface area is 158 Å². The molecule has 1 aromatic heterocycles. The summed E-state index contributed by atoms with van der Waals surface area (Å²) in [5, 5.41) is 0. The molecule has 27 heavy (non-hydrogen) atoms. The van der Waals surface area contributed by atoms with Crippen LogP contribution in [0.5, 0.6) is 0 Å². The second-order valence-corrected chi connectivity index (χ2v) is 8.20. The third kappa shape index (κ3) is 3.36. The fraction of sp³-hybridized carbons (Fsp3) is 0.143. The molecule has 1 atom stereocenters. The summed E-state index contributed by atoms with van der Waals surface area (Å²) in [6, 6.07) is 19.3. The Hall–Kier alpha value is -2.99. The first-order chi connectivity index (χ1) is 13.1. The number of hydrogen-bond acceptors (Lipinski definition) is 4. The van der Waals surface area contributed by atoms with Crippen molar-refractivity contribution in [3.05, 3.63) is 96.1 Å². The Kier molecular flexibility index (Phi) is 4.49. The van der Waals surface area contributed by atoms with Crippen LogP contribution in [0.25, 0.3) is 5.76 Å². The van der Waals surface area contributed by atoms with E-state index in [4.69, 9.17) is 9.15 Å². The van der Waals surface area contributed by atoms with Crippen LogP contribution >= 0.6 is 0 Å². The van der Waals surface area contributed by atoms with E-state index in [9.17, 15) is 8.42 Å². The van der Waals surface area contributed by atoms with E-state index >= 15 is 0 Å². The predicted molar refractivity (Wildman–Crippen MR) is 102 cm³/mol. The minimum atomic E-state index is -3.76. The molecule has 4 rings (SSSR count). The highest BCUT2D eigenvalue weighted by molar-refractivity contribution is 7.89. The van der Waals surface area contributed by atoms with Gasteiger partial charge in [0.2, 0.25) is 0 Å². The first-order valence-corrected chi connectivity index (χ1v) is 10.0. The van der Waals surface area contributed by atoms with Crippen LogP contribution in [-0.4, -0.2) is 19.3 Å². The van der Waals surface area contributed by atoms with Crippen molar-refractivity contribution < 1.29 is 17.6 Å². The van der Waals surface area contributed by atoms with E-state index < -0.39 is 16.1 Å². The second kappa shape index (κ2) is 6.96. The zero-order valence-electron chi connectivity index (χ0n) is 14.8. The Morgan fingerprint density at radius 1 is 0.963 bits per heavy atom. The van der Waals surface area contributed by atoms with Crippen molar-refractivity contribution in [3.8, 4) is 0 Å². The maximum absolute atomic E-state index is 13.4. The Balaban J connectivity index is 1.81.